The average molecular weight is 305 g/mol. The second kappa shape index (κ2) is 7.50. The van der Waals surface area contributed by atoms with Gasteiger partial charge in [-0.2, -0.15) is 0 Å². The average Bonchev–Trinajstić information content (AvgIpc) is 2.90. The number of anilines is 2. The minimum absolute atomic E-state index is 0.0561. The summed E-state index contributed by atoms with van der Waals surface area (Å²) in [6, 6.07) is 7.70. The van der Waals surface area contributed by atoms with Gasteiger partial charge in [0.2, 0.25) is 5.91 Å². The highest BCUT2D eigenvalue weighted by molar-refractivity contribution is 8.15. The maximum absolute atomic E-state index is 11.0. The molecule has 0 aliphatic carbocycles. The van der Waals surface area contributed by atoms with Gasteiger partial charge in [0.05, 0.1) is 6.54 Å². The molecule has 114 valence electrons. The number of aliphatic imine (C=N–C) groups is 1. The van der Waals surface area contributed by atoms with E-state index in [1.165, 1.54) is 19.8 Å². The van der Waals surface area contributed by atoms with Gasteiger partial charge in [-0.25, -0.2) is 0 Å². The number of benzene rings is 1. The number of carbonyl (C=O) groups is 1. The van der Waals surface area contributed by atoms with Gasteiger partial charge in [-0.1, -0.05) is 38.5 Å². The Hall–Kier alpha value is -1.49. The summed E-state index contributed by atoms with van der Waals surface area (Å²) in [4.78, 5) is 15.6. The molecule has 0 aromatic heterocycles. The minimum atomic E-state index is -0.0561. The van der Waals surface area contributed by atoms with Gasteiger partial charge in [0.15, 0.2) is 5.17 Å². The van der Waals surface area contributed by atoms with Crippen LogP contribution in [0.4, 0.5) is 11.4 Å². The van der Waals surface area contributed by atoms with Gasteiger partial charge in [0.25, 0.3) is 0 Å². The van der Waals surface area contributed by atoms with E-state index in [1.807, 2.05) is 36.0 Å². The van der Waals surface area contributed by atoms with Crippen molar-refractivity contribution in [1.82, 2.24) is 0 Å². The first-order chi connectivity index (χ1) is 10.1. The van der Waals surface area contributed by atoms with Crippen molar-refractivity contribution in [3.05, 3.63) is 24.3 Å². The molecule has 0 bridgehead atoms. The van der Waals surface area contributed by atoms with E-state index in [4.69, 9.17) is 0 Å². The van der Waals surface area contributed by atoms with Crippen molar-refractivity contribution in [3.8, 4) is 0 Å². The standard InChI is InChI=1S/C16H23N3OS/c1-4-12(5-2)15-10-17-16(21-15)19-14-8-6-13(7-9-14)18-11(3)20/h6-9,12,15H,4-5,10H2,1-3H3,(H,17,19)(H,18,20). The molecule has 1 aliphatic heterocycles. The number of carbonyl (C=O) groups excluding carboxylic acids is 1. The van der Waals surface area contributed by atoms with Crippen LogP contribution in [-0.4, -0.2) is 22.9 Å². The lowest BCUT2D eigenvalue weighted by atomic mass is 9.99. The summed E-state index contributed by atoms with van der Waals surface area (Å²) in [6.45, 7) is 6.92. The molecule has 1 amide bonds. The largest absolute Gasteiger partial charge is 0.335 e. The molecule has 5 heteroatoms. The van der Waals surface area contributed by atoms with Crippen LogP contribution in [0.25, 0.3) is 0 Å². The molecule has 0 saturated carbocycles. The number of thioether (sulfide) groups is 1. The van der Waals surface area contributed by atoms with Crippen LogP contribution in [0.3, 0.4) is 0 Å². The fraction of sp³-hybridized carbons (Fsp3) is 0.500. The smallest absolute Gasteiger partial charge is 0.221 e. The first-order valence-corrected chi connectivity index (χ1v) is 8.36. The van der Waals surface area contributed by atoms with Crippen LogP contribution in [0.15, 0.2) is 29.3 Å². The van der Waals surface area contributed by atoms with E-state index in [-0.39, 0.29) is 5.91 Å². The summed E-state index contributed by atoms with van der Waals surface area (Å²) in [5, 5.41) is 7.71. The number of nitrogens with zero attached hydrogens (tertiary/aromatic N) is 1. The van der Waals surface area contributed by atoms with Crippen LogP contribution >= 0.6 is 11.8 Å². The highest BCUT2D eigenvalue weighted by Gasteiger charge is 2.25. The fourth-order valence-corrected chi connectivity index (χ4v) is 3.82. The molecule has 2 N–H and O–H groups in total. The zero-order chi connectivity index (χ0) is 15.2. The third kappa shape index (κ3) is 4.49. The second-order valence-electron chi connectivity index (χ2n) is 5.26. The molecule has 0 radical (unpaired) electrons. The van der Waals surface area contributed by atoms with Crippen LogP contribution in [-0.2, 0) is 4.79 Å². The molecule has 2 rings (SSSR count). The van der Waals surface area contributed by atoms with Crippen LogP contribution < -0.4 is 10.6 Å². The van der Waals surface area contributed by atoms with Crippen LogP contribution in [0.1, 0.15) is 33.6 Å². The van der Waals surface area contributed by atoms with Gasteiger partial charge in [-0.05, 0) is 30.2 Å². The van der Waals surface area contributed by atoms with Crippen LogP contribution in [0.2, 0.25) is 0 Å². The lowest BCUT2D eigenvalue weighted by molar-refractivity contribution is -0.114. The Balaban J connectivity index is 1.89. The van der Waals surface area contributed by atoms with Gasteiger partial charge in [0, 0.05) is 23.5 Å². The molecule has 4 nitrogen and oxygen atoms in total. The third-order valence-electron chi connectivity index (χ3n) is 3.71. The molecular formula is C16H23N3OS. The molecule has 1 aromatic rings. The molecule has 1 unspecified atom stereocenters. The number of hydrogen-bond donors (Lipinski definition) is 2. The predicted molar refractivity (Wildman–Crippen MR) is 92.1 cm³/mol. The van der Waals surface area contributed by atoms with Gasteiger partial charge in [-0.15, -0.1) is 0 Å². The van der Waals surface area contributed by atoms with E-state index in [9.17, 15) is 4.79 Å². The molecule has 21 heavy (non-hydrogen) atoms. The van der Waals surface area contributed by atoms with Gasteiger partial charge in [0.1, 0.15) is 0 Å². The quantitative estimate of drug-likeness (QED) is 0.865. The van der Waals surface area contributed by atoms with E-state index in [0.29, 0.717) is 5.25 Å². The minimum Gasteiger partial charge on any atom is -0.335 e. The zero-order valence-corrected chi connectivity index (χ0v) is 13.7. The lowest BCUT2D eigenvalue weighted by Crippen LogP contribution is -2.17. The number of amidine groups is 1. The SMILES string of the molecule is CCC(CC)C1CN=C(Nc2ccc(NC(C)=O)cc2)S1. The summed E-state index contributed by atoms with van der Waals surface area (Å²) < 4.78 is 0. The lowest BCUT2D eigenvalue weighted by Gasteiger charge is -2.18. The van der Waals surface area contributed by atoms with Gasteiger partial charge >= 0.3 is 0 Å². The van der Waals surface area contributed by atoms with Crippen molar-refractivity contribution < 1.29 is 4.79 Å². The number of nitrogens with one attached hydrogen (secondary N) is 2. The van der Waals surface area contributed by atoms with Crippen LogP contribution in [0.5, 0.6) is 0 Å². The molecule has 1 heterocycles. The van der Waals surface area contributed by atoms with Crippen molar-refractivity contribution >= 4 is 34.2 Å². The predicted octanol–water partition coefficient (Wildman–Crippen LogP) is 3.96. The topological polar surface area (TPSA) is 53.5 Å². The number of amides is 1. The zero-order valence-electron chi connectivity index (χ0n) is 12.8. The summed E-state index contributed by atoms with van der Waals surface area (Å²) in [6.07, 6.45) is 2.42. The monoisotopic (exact) mass is 305 g/mol. The highest BCUT2D eigenvalue weighted by Crippen LogP contribution is 2.31. The van der Waals surface area contributed by atoms with Crippen molar-refractivity contribution in [1.29, 1.82) is 0 Å². The Morgan fingerprint density at radius 3 is 2.48 bits per heavy atom. The van der Waals surface area contributed by atoms with E-state index >= 15 is 0 Å². The first-order valence-electron chi connectivity index (χ1n) is 7.48. The molecule has 0 saturated heterocycles. The van der Waals surface area contributed by atoms with E-state index < -0.39 is 0 Å². The third-order valence-corrected chi connectivity index (χ3v) is 5.00. The molecule has 0 spiro atoms. The summed E-state index contributed by atoms with van der Waals surface area (Å²) >= 11 is 1.85. The van der Waals surface area contributed by atoms with E-state index in [2.05, 4.69) is 29.5 Å². The second-order valence-corrected chi connectivity index (χ2v) is 6.49. The Morgan fingerprint density at radius 1 is 1.29 bits per heavy atom. The Labute approximate surface area is 130 Å². The molecular weight excluding hydrogens is 282 g/mol. The Bertz CT molecular complexity index is 509. The van der Waals surface area contributed by atoms with Crippen molar-refractivity contribution in [2.45, 2.75) is 38.9 Å². The van der Waals surface area contributed by atoms with Gasteiger partial charge < -0.3 is 10.6 Å². The molecule has 1 aromatic carbocycles. The summed E-state index contributed by atoms with van der Waals surface area (Å²) in [5.41, 5.74) is 1.81. The Morgan fingerprint density at radius 2 is 1.90 bits per heavy atom. The summed E-state index contributed by atoms with van der Waals surface area (Å²) in [5.74, 6) is 0.680. The molecule has 1 atom stereocenters. The van der Waals surface area contributed by atoms with E-state index in [0.717, 1.165) is 29.0 Å². The van der Waals surface area contributed by atoms with Crippen molar-refractivity contribution in [3.63, 3.8) is 0 Å². The molecule has 0 fully saturated rings. The normalized spacial score (nSPS) is 17.7. The van der Waals surface area contributed by atoms with E-state index in [1.54, 1.807) is 0 Å². The Kier molecular flexibility index (Phi) is 5.67. The van der Waals surface area contributed by atoms with Crippen molar-refractivity contribution in [2.24, 2.45) is 10.9 Å². The van der Waals surface area contributed by atoms with Gasteiger partial charge in [-0.3, -0.25) is 9.79 Å². The number of hydrogen-bond acceptors (Lipinski definition) is 4. The summed E-state index contributed by atoms with van der Waals surface area (Å²) in [7, 11) is 0. The first kappa shape index (κ1) is 15.9. The number of rotatable bonds is 5. The highest BCUT2D eigenvalue weighted by atomic mass is 32.2. The molecule has 1 aliphatic rings. The van der Waals surface area contributed by atoms with Crippen molar-refractivity contribution in [2.75, 3.05) is 17.2 Å². The fourth-order valence-electron chi connectivity index (χ4n) is 2.48. The van der Waals surface area contributed by atoms with Crippen LogP contribution in [0, 0.1) is 5.92 Å². The maximum Gasteiger partial charge on any atom is 0.221 e. The maximum atomic E-state index is 11.0.